The van der Waals surface area contributed by atoms with E-state index < -0.39 is 0 Å². The van der Waals surface area contributed by atoms with Gasteiger partial charge in [-0.1, -0.05) is 6.92 Å². The summed E-state index contributed by atoms with van der Waals surface area (Å²) in [6.07, 6.45) is 9.05. The molecule has 1 heterocycles. The van der Waals surface area contributed by atoms with Crippen molar-refractivity contribution in [2.75, 3.05) is 5.32 Å². The molecule has 0 aromatic carbocycles. The van der Waals surface area contributed by atoms with E-state index in [9.17, 15) is 0 Å². The van der Waals surface area contributed by atoms with E-state index in [1.165, 1.54) is 25.7 Å². The Hall–Kier alpha value is -0.990. The Morgan fingerprint density at radius 1 is 1.53 bits per heavy atom. The Morgan fingerprint density at radius 2 is 2.27 bits per heavy atom. The van der Waals surface area contributed by atoms with Gasteiger partial charge in [-0.25, -0.2) is 4.98 Å². The molecule has 1 aliphatic rings. The van der Waals surface area contributed by atoms with E-state index in [4.69, 9.17) is 0 Å². The van der Waals surface area contributed by atoms with Gasteiger partial charge in [0.15, 0.2) is 0 Å². The van der Waals surface area contributed by atoms with Crippen molar-refractivity contribution in [1.29, 1.82) is 0 Å². The zero-order chi connectivity index (χ0) is 10.9. The first-order valence-electron chi connectivity index (χ1n) is 5.98. The van der Waals surface area contributed by atoms with Crippen LogP contribution in [0, 0.1) is 0 Å². The molecule has 0 bridgehead atoms. The number of nitrogens with zero attached hydrogens (tertiary/aromatic N) is 2. The average Bonchev–Trinajstić information content (AvgIpc) is 2.59. The summed E-state index contributed by atoms with van der Waals surface area (Å²) in [5.74, 6) is 1.03. The average molecular weight is 207 g/mol. The van der Waals surface area contributed by atoms with Crippen LogP contribution in [0.4, 0.5) is 5.95 Å². The molecule has 2 rings (SSSR count). The molecule has 0 spiro atoms. The third kappa shape index (κ3) is 1.87. The Morgan fingerprint density at radius 3 is 2.73 bits per heavy atom. The molecule has 3 nitrogen and oxygen atoms in total. The van der Waals surface area contributed by atoms with Crippen LogP contribution in [0.2, 0.25) is 0 Å². The summed E-state index contributed by atoms with van der Waals surface area (Å²) in [7, 11) is 0. The number of hydrogen-bond donors (Lipinski definition) is 1. The molecule has 1 N–H and O–H groups in total. The number of aromatic nitrogens is 2. The van der Waals surface area contributed by atoms with Gasteiger partial charge >= 0.3 is 0 Å². The van der Waals surface area contributed by atoms with Crippen LogP contribution in [0.25, 0.3) is 0 Å². The molecular weight excluding hydrogens is 186 g/mol. The van der Waals surface area contributed by atoms with Crippen LogP contribution in [-0.2, 0) is 0 Å². The van der Waals surface area contributed by atoms with Crippen LogP contribution in [0.5, 0.6) is 0 Å². The summed E-state index contributed by atoms with van der Waals surface area (Å²) in [5.41, 5.74) is 0.331. The molecule has 0 saturated heterocycles. The molecule has 0 aliphatic heterocycles. The highest BCUT2D eigenvalue weighted by molar-refractivity contribution is 5.32. The van der Waals surface area contributed by atoms with Crippen molar-refractivity contribution in [3.05, 3.63) is 12.4 Å². The van der Waals surface area contributed by atoms with Gasteiger partial charge in [0.05, 0.1) is 0 Å². The van der Waals surface area contributed by atoms with Crippen molar-refractivity contribution < 1.29 is 0 Å². The van der Waals surface area contributed by atoms with Gasteiger partial charge in [0.2, 0.25) is 5.95 Å². The molecule has 0 atom stereocenters. The van der Waals surface area contributed by atoms with Gasteiger partial charge in [0.25, 0.3) is 0 Å². The van der Waals surface area contributed by atoms with Crippen molar-refractivity contribution in [3.8, 4) is 0 Å². The van der Waals surface area contributed by atoms with Gasteiger partial charge in [0, 0.05) is 24.0 Å². The van der Waals surface area contributed by atoms with Crippen molar-refractivity contribution in [2.45, 2.75) is 58.0 Å². The highest BCUT2D eigenvalue weighted by Gasteiger charge is 2.35. The maximum absolute atomic E-state index is 4.40. The van der Waals surface area contributed by atoms with E-state index >= 15 is 0 Å². The van der Waals surface area contributed by atoms with Gasteiger partial charge in [-0.3, -0.25) is 0 Å². The van der Waals surface area contributed by atoms with E-state index in [1.807, 2.05) is 6.20 Å². The Labute approximate surface area is 91.9 Å². The molecule has 3 heteroatoms. The molecule has 15 heavy (non-hydrogen) atoms. The van der Waals surface area contributed by atoms with Crippen LogP contribution < -0.4 is 5.32 Å². The quantitative estimate of drug-likeness (QED) is 0.821. The first-order valence-corrected chi connectivity index (χ1v) is 5.98. The number of imidazole rings is 1. The van der Waals surface area contributed by atoms with Crippen LogP contribution in [0.15, 0.2) is 12.4 Å². The second-order valence-electron chi connectivity index (χ2n) is 4.86. The number of rotatable bonds is 4. The summed E-state index contributed by atoms with van der Waals surface area (Å²) < 4.78 is 2.20. The molecule has 1 aromatic heterocycles. The topological polar surface area (TPSA) is 29.9 Å². The number of nitrogens with one attached hydrogen (secondary N) is 1. The lowest BCUT2D eigenvalue weighted by Gasteiger charge is -2.42. The second-order valence-corrected chi connectivity index (χ2v) is 4.86. The first-order chi connectivity index (χ1) is 7.17. The lowest BCUT2D eigenvalue weighted by molar-refractivity contribution is 0.266. The Balaban J connectivity index is 2.13. The highest BCUT2D eigenvalue weighted by Crippen LogP contribution is 2.37. The van der Waals surface area contributed by atoms with E-state index in [0.717, 1.165) is 5.95 Å². The SMILES string of the molecule is CCC1(Nc2nccn2C(C)C)CCC1. The molecular formula is C12H21N3. The van der Waals surface area contributed by atoms with Crippen molar-refractivity contribution in [3.63, 3.8) is 0 Å². The standard InChI is InChI=1S/C12H21N3/c1-4-12(6-5-7-12)14-11-13-8-9-15(11)10(2)3/h8-10H,4-7H2,1-3H3,(H,13,14). The maximum Gasteiger partial charge on any atom is 0.203 e. The summed E-state index contributed by atoms with van der Waals surface area (Å²) in [6.45, 7) is 6.63. The number of hydrogen-bond acceptors (Lipinski definition) is 2. The molecule has 0 amide bonds. The molecule has 0 radical (unpaired) electrons. The third-order valence-corrected chi connectivity index (χ3v) is 3.59. The van der Waals surface area contributed by atoms with E-state index in [-0.39, 0.29) is 0 Å². The van der Waals surface area contributed by atoms with Crippen molar-refractivity contribution in [2.24, 2.45) is 0 Å². The smallest absolute Gasteiger partial charge is 0.203 e. The summed E-state index contributed by atoms with van der Waals surface area (Å²) in [4.78, 5) is 4.40. The van der Waals surface area contributed by atoms with Crippen LogP contribution in [0.3, 0.4) is 0 Å². The molecule has 84 valence electrons. The molecule has 1 aliphatic carbocycles. The second kappa shape index (κ2) is 3.87. The Kier molecular flexibility index (Phi) is 2.72. The zero-order valence-corrected chi connectivity index (χ0v) is 9.95. The molecule has 1 fully saturated rings. The molecule has 1 saturated carbocycles. The summed E-state index contributed by atoms with van der Waals surface area (Å²) >= 11 is 0. The van der Waals surface area contributed by atoms with E-state index in [0.29, 0.717) is 11.6 Å². The van der Waals surface area contributed by atoms with Gasteiger partial charge in [-0.15, -0.1) is 0 Å². The van der Waals surface area contributed by atoms with E-state index in [1.54, 1.807) is 0 Å². The van der Waals surface area contributed by atoms with Crippen molar-refractivity contribution in [1.82, 2.24) is 9.55 Å². The largest absolute Gasteiger partial charge is 0.350 e. The summed E-state index contributed by atoms with van der Waals surface area (Å²) in [5, 5.41) is 3.62. The third-order valence-electron chi connectivity index (χ3n) is 3.59. The molecule has 0 unspecified atom stereocenters. The normalized spacial score (nSPS) is 18.9. The van der Waals surface area contributed by atoms with Crippen LogP contribution in [-0.4, -0.2) is 15.1 Å². The number of anilines is 1. The minimum Gasteiger partial charge on any atom is -0.350 e. The van der Waals surface area contributed by atoms with Gasteiger partial charge < -0.3 is 9.88 Å². The highest BCUT2D eigenvalue weighted by atomic mass is 15.2. The zero-order valence-electron chi connectivity index (χ0n) is 9.95. The predicted octanol–water partition coefficient (Wildman–Crippen LogP) is 3.21. The predicted molar refractivity (Wildman–Crippen MR) is 63.1 cm³/mol. The minimum absolute atomic E-state index is 0.331. The van der Waals surface area contributed by atoms with Crippen LogP contribution >= 0.6 is 0 Å². The van der Waals surface area contributed by atoms with Gasteiger partial charge in [-0.2, -0.15) is 0 Å². The fourth-order valence-electron chi connectivity index (χ4n) is 2.23. The summed E-state index contributed by atoms with van der Waals surface area (Å²) in [6, 6.07) is 0.476. The Bertz CT molecular complexity index is 318. The molecule has 1 aromatic rings. The first kappa shape index (κ1) is 10.5. The minimum atomic E-state index is 0.331. The fourth-order valence-corrected chi connectivity index (χ4v) is 2.23. The fraction of sp³-hybridized carbons (Fsp3) is 0.750. The van der Waals surface area contributed by atoms with E-state index in [2.05, 4.69) is 41.8 Å². The van der Waals surface area contributed by atoms with Gasteiger partial charge in [0.1, 0.15) is 0 Å². The lowest BCUT2D eigenvalue weighted by Crippen LogP contribution is -2.45. The van der Waals surface area contributed by atoms with Crippen LogP contribution in [0.1, 0.15) is 52.5 Å². The monoisotopic (exact) mass is 207 g/mol. The van der Waals surface area contributed by atoms with Crippen molar-refractivity contribution >= 4 is 5.95 Å². The lowest BCUT2D eigenvalue weighted by atomic mass is 9.75. The maximum atomic E-state index is 4.40. The van der Waals surface area contributed by atoms with Gasteiger partial charge in [-0.05, 0) is 39.5 Å².